The predicted molar refractivity (Wildman–Crippen MR) is 106 cm³/mol. The van der Waals surface area contributed by atoms with Crippen LogP contribution in [0.2, 0.25) is 0 Å². The second kappa shape index (κ2) is 10.5. The van der Waals surface area contributed by atoms with Crippen molar-refractivity contribution in [1.82, 2.24) is 15.2 Å². The number of nitrogens with one attached hydrogen (secondary N) is 1. The first kappa shape index (κ1) is 20.6. The summed E-state index contributed by atoms with van der Waals surface area (Å²) in [5.74, 6) is 0.892. The fourth-order valence-electron chi connectivity index (χ4n) is 3.34. The third-order valence-electron chi connectivity index (χ3n) is 4.64. The van der Waals surface area contributed by atoms with Gasteiger partial charge in [0.05, 0.1) is 13.7 Å². The van der Waals surface area contributed by atoms with Crippen molar-refractivity contribution in [3.63, 3.8) is 0 Å². The summed E-state index contributed by atoms with van der Waals surface area (Å²) in [6.45, 7) is 7.22. The van der Waals surface area contributed by atoms with Crippen molar-refractivity contribution >= 4 is 12.4 Å². The number of methoxy groups -OCH3 is 1. The van der Waals surface area contributed by atoms with E-state index in [1.165, 1.54) is 11.1 Å². The van der Waals surface area contributed by atoms with Crippen molar-refractivity contribution in [3.05, 3.63) is 59.4 Å². The van der Waals surface area contributed by atoms with Gasteiger partial charge in [0.1, 0.15) is 5.75 Å². The van der Waals surface area contributed by atoms with E-state index in [9.17, 15) is 0 Å². The van der Waals surface area contributed by atoms with Crippen LogP contribution in [0.5, 0.6) is 5.75 Å². The molecule has 2 heterocycles. The van der Waals surface area contributed by atoms with Crippen LogP contribution in [0.25, 0.3) is 0 Å². The third kappa shape index (κ3) is 5.17. The second-order valence-electron chi connectivity index (χ2n) is 6.25. The molecule has 1 atom stereocenters. The summed E-state index contributed by atoms with van der Waals surface area (Å²) >= 11 is 0. The molecule has 1 aliphatic heterocycles. The number of rotatable bonds is 7. The van der Waals surface area contributed by atoms with Gasteiger partial charge in [-0.2, -0.15) is 0 Å². The predicted octanol–water partition coefficient (Wildman–Crippen LogP) is 3.20. The Kier molecular flexibility index (Phi) is 8.32. The fraction of sp³-hybridized carbons (Fsp3) is 0.450. The molecule has 1 aromatic heterocycles. The maximum Gasteiger partial charge on any atom is 0.124 e. The molecule has 1 aromatic carbocycles. The molecular formula is C20H28ClN3O2. The van der Waals surface area contributed by atoms with E-state index in [0.29, 0.717) is 19.3 Å². The topological polar surface area (TPSA) is 46.6 Å². The molecule has 6 heteroatoms. The molecule has 5 nitrogen and oxygen atoms in total. The molecule has 26 heavy (non-hydrogen) atoms. The van der Waals surface area contributed by atoms with Crippen LogP contribution in [0, 0.1) is 0 Å². The van der Waals surface area contributed by atoms with Gasteiger partial charge in [-0.3, -0.25) is 9.88 Å². The maximum absolute atomic E-state index is 5.59. The lowest BCUT2D eigenvalue weighted by Gasteiger charge is -2.36. The Morgan fingerprint density at radius 3 is 2.77 bits per heavy atom. The molecular weight excluding hydrogens is 350 g/mol. The van der Waals surface area contributed by atoms with Gasteiger partial charge in [0, 0.05) is 56.8 Å². The summed E-state index contributed by atoms with van der Waals surface area (Å²) in [5, 5.41) is 3.50. The normalized spacial score (nSPS) is 17.5. The number of ether oxygens (including phenoxy) is 2. The Bertz CT molecular complexity index is 669. The zero-order valence-electron chi connectivity index (χ0n) is 15.5. The van der Waals surface area contributed by atoms with Crippen molar-refractivity contribution in [2.45, 2.75) is 26.1 Å². The van der Waals surface area contributed by atoms with Gasteiger partial charge in [0.15, 0.2) is 0 Å². The van der Waals surface area contributed by atoms with Crippen molar-refractivity contribution in [2.75, 3.05) is 33.4 Å². The molecule has 0 spiro atoms. The molecule has 0 radical (unpaired) electrons. The molecule has 1 saturated heterocycles. The van der Waals surface area contributed by atoms with Gasteiger partial charge in [-0.15, -0.1) is 12.4 Å². The SMILES string of the molecule is CCOCc1cc(CN2CCNCC2c2ccncc2)ccc1OC.Cl. The van der Waals surface area contributed by atoms with Crippen LogP contribution in [0.4, 0.5) is 0 Å². The van der Waals surface area contributed by atoms with E-state index in [1.54, 1.807) is 7.11 Å². The number of hydrogen-bond donors (Lipinski definition) is 1. The summed E-state index contributed by atoms with van der Waals surface area (Å²) in [4.78, 5) is 6.67. The average molecular weight is 378 g/mol. The zero-order chi connectivity index (χ0) is 17.5. The third-order valence-corrected chi connectivity index (χ3v) is 4.64. The van der Waals surface area contributed by atoms with Gasteiger partial charge in [-0.05, 0) is 42.3 Å². The van der Waals surface area contributed by atoms with Gasteiger partial charge in [-0.25, -0.2) is 0 Å². The van der Waals surface area contributed by atoms with Crippen LogP contribution in [0.3, 0.4) is 0 Å². The van der Waals surface area contributed by atoms with Crippen LogP contribution in [-0.2, 0) is 17.9 Å². The highest BCUT2D eigenvalue weighted by atomic mass is 35.5. The van der Waals surface area contributed by atoms with Crippen LogP contribution in [-0.4, -0.2) is 43.2 Å². The molecule has 1 fully saturated rings. The molecule has 0 bridgehead atoms. The number of nitrogens with zero attached hydrogens (tertiary/aromatic N) is 2. The number of aromatic nitrogens is 1. The smallest absolute Gasteiger partial charge is 0.124 e. The van der Waals surface area contributed by atoms with Gasteiger partial charge in [0.25, 0.3) is 0 Å². The lowest BCUT2D eigenvalue weighted by atomic mass is 10.0. The summed E-state index contributed by atoms with van der Waals surface area (Å²) in [6.07, 6.45) is 3.74. The Morgan fingerprint density at radius 1 is 1.23 bits per heavy atom. The minimum atomic E-state index is 0. The summed E-state index contributed by atoms with van der Waals surface area (Å²) in [7, 11) is 1.71. The van der Waals surface area contributed by atoms with E-state index < -0.39 is 0 Å². The lowest BCUT2D eigenvalue weighted by molar-refractivity contribution is 0.131. The molecule has 2 aromatic rings. The molecule has 1 unspecified atom stereocenters. The fourth-order valence-corrected chi connectivity index (χ4v) is 3.34. The molecule has 1 N–H and O–H groups in total. The van der Waals surface area contributed by atoms with E-state index >= 15 is 0 Å². The van der Waals surface area contributed by atoms with Crippen LogP contribution >= 0.6 is 12.4 Å². The monoisotopic (exact) mass is 377 g/mol. The number of benzene rings is 1. The Labute approximate surface area is 162 Å². The first-order valence-corrected chi connectivity index (χ1v) is 8.90. The van der Waals surface area contributed by atoms with Crippen molar-refractivity contribution in [2.24, 2.45) is 0 Å². The maximum atomic E-state index is 5.59. The highest BCUT2D eigenvalue weighted by Crippen LogP contribution is 2.26. The quantitative estimate of drug-likeness (QED) is 0.802. The lowest BCUT2D eigenvalue weighted by Crippen LogP contribution is -2.45. The highest BCUT2D eigenvalue weighted by Gasteiger charge is 2.23. The van der Waals surface area contributed by atoms with Gasteiger partial charge in [-0.1, -0.05) is 6.07 Å². The first-order chi connectivity index (χ1) is 12.3. The van der Waals surface area contributed by atoms with E-state index in [2.05, 4.69) is 39.5 Å². The number of piperazine rings is 1. The first-order valence-electron chi connectivity index (χ1n) is 8.90. The van der Waals surface area contributed by atoms with Crippen molar-refractivity contribution < 1.29 is 9.47 Å². The van der Waals surface area contributed by atoms with Crippen LogP contribution in [0.1, 0.15) is 29.7 Å². The van der Waals surface area contributed by atoms with E-state index in [0.717, 1.165) is 37.5 Å². The summed E-state index contributed by atoms with van der Waals surface area (Å²) in [6, 6.07) is 11.0. The standard InChI is InChI=1S/C20H27N3O2.ClH/c1-3-25-15-18-12-16(4-5-20(18)24-2)14-23-11-10-22-13-19(23)17-6-8-21-9-7-17;/h4-9,12,19,22H,3,10-11,13-15H2,1-2H3;1H. The molecule has 1 aliphatic rings. The average Bonchev–Trinajstić information content (AvgIpc) is 2.67. The van der Waals surface area contributed by atoms with Crippen LogP contribution in [0.15, 0.2) is 42.7 Å². The highest BCUT2D eigenvalue weighted by molar-refractivity contribution is 5.85. The molecule has 3 rings (SSSR count). The van der Waals surface area contributed by atoms with Crippen molar-refractivity contribution in [1.29, 1.82) is 0 Å². The van der Waals surface area contributed by atoms with Crippen LogP contribution < -0.4 is 10.1 Å². The van der Waals surface area contributed by atoms with Gasteiger partial charge >= 0.3 is 0 Å². The summed E-state index contributed by atoms with van der Waals surface area (Å²) in [5.41, 5.74) is 3.71. The summed E-state index contributed by atoms with van der Waals surface area (Å²) < 4.78 is 11.1. The van der Waals surface area contributed by atoms with E-state index in [-0.39, 0.29) is 12.4 Å². The van der Waals surface area contributed by atoms with Gasteiger partial charge in [0.2, 0.25) is 0 Å². The molecule has 0 amide bonds. The largest absolute Gasteiger partial charge is 0.496 e. The molecule has 0 aliphatic carbocycles. The van der Waals surface area contributed by atoms with Crippen molar-refractivity contribution in [3.8, 4) is 5.75 Å². The molecule has 0 saturated carbocycles. The Morgan fingerprint density at radius 2 is 2.04 bits per heavy atom. The number of pyridine rings is 1. The van der Waals surface area contributed by atoms with E-state index in [4.69, 9.17) is 9.47 Å². The Balaban J connectivity index is 0.00000243. The van der Waals surface area contributed by atoms with Gasteiger partial charge < -0.3 is 14.8 Å². The minimum Gasteiger partial charge on any atom is -0.496 e. The number of hydrogen-bond acceptors (Lipinski definition) is 5. The minimum absolute atomic E-state index is 0. The van der Waals surface area contributed by atoms with E-state index in [1.807, 2.05) is 25.4 Å². The number of halogens is 1. The zero-order valence-corrected chi connectivity index (χ0v) is 16.3. The molecule has 142 valence electrons. The second-order valence-corrected chi connectivity index (χ2v) is 6.25. The Hall–Kier alpha value is -1.66.